The van der Waals surface area contributed by atoms with Crippen molar-refractivity contribution >= 4 is 11.7 Å². The third kappa shape index (κ3) is 15.2. The van der Waals surface area contributed by atoms with E-state index in [2.05, 4.69) is 10.3 Å². The highest BCUT2D eigenvalue weighted by Crippen LogP contribution is 2.39. The normalized spacial score (nSPS) is 39.1. The van der Waals surface area contributed by atoms with Crippen LogP contribution in [-0.4, -0.2) is 199 Å². The van der Waals surface area contributed by atoms with Gasteiger partial charge in [0.2, 0.25) is 0 Å². The lowest BCUT2D eigenvalue weighted by Gasteiger charge is -2.48. The van der Waals surface area contributed by atoms with E-state index < -0.39 is 107 Å². The molecule has 3 saturated heterocycles. The fourth-order valence-electron chi connectivity index (χ4n) is 11.2. The Hall–Kier alpha value is -3.45. The number of esters is 1. The number of non-ortho nitro benzene ring substituents is 1. The molecule has 5 rings (SSSR count). The summed E-state index contributed by atoms with van der Waals surface area (Å²) < 4.78 is 45.8. The zero-order chi connectivity index (χ0) is 54.3. The van der Waals surface area contributed by atoms with E-state index in [9.17, 15) is 40.4 Å². The summed E-state index contributed by atoms with van der Waals surface area (Å²) in [4.78, 5) is 29.0. The van der Waals surface area contributed by atoms with Crippen molar-refractivity contribution in [3.8, 4) is 5.75 Å². The van der Waals surface area contributed by atoms with Gasteiger partial charge in [-0.15, -0.1) is 5.10 Å². The molecule has 3 fully saturated rings. The van der Waals surface area contributed by atoms with Crippen LogP contribution in [0.1, 0.15) is 108 Å². The number of benzene rings is 1. The summed E-state index contributed by atoms with van der Waals surface area (Å²) in [5, 5.41) is 79.3. The number of carbonyl (C=O) groups excluding carboxylic acids is 1. The minimum atomic E-state index is -1.83. The number of methoxy groups -OCH3 is 1. The molecule has 73 heavy (non-hydrogen) atoms. The van der Waals surface area contributed by atoms with Crippen LogP contribution in [0.25, 0.3) is 0 Å². The molecule has 1 aromatic carbocycles. The summed E-state index contributed by atoms with van der Waals surface area (Å²) in [6, 6.07) is 4.95. The highest BCUT2D eigenvalue weighted by molar-refractivity contribution is 5.73. The Morgan fingerprint density at radius 3 is 2.32 bits per heavy atom. The van der Waals surface area contributed by atoms with Crippen LogP contribution in [0.4, 0.5) is 5.69 Å². The van der Waals surface area contributed by atoms with Gasteiger partial charge in [0.25, 0.3) is 5.69 Å². The van der Waals surface area contributed by atoms with Gasteiger partial charge in [0, 0.05) is 81.8 Å². The van der Waals surface area contributed by atoms with Gasteiger partial charge in [-0.25, -0.2) is 0 Å². The molecule has 416 valence electrons. The van der Waals surface area contributed by atoms with Gasteiger partial charge in [0.05, 0.1) is 71.5 Å². The second kappa shape index (κ2) is 25.6. The molecule has 0 saturated carbocycles. The number of nitro benzene ring substituents is 1. The molecule has 0 bridgehead atoms. The Bertz CT molecular complexity index is 2050. The number of nitrogens with zero attached hydrogens (tertiary/aromatic N) is 6. The molecule has 21 heteroatoms. The van der Waals surface area contributed by atoms with Gasteiger partial charge in [-0.1, -0.05) is 32.9 Å². The minimum Gasteiger partial charge on any atom is -0.493 e. The number of hydrogen-bond acceptors (Lipinski definition) is 19. The van der Waals surface area contributed by atoms with Crippen LogP contribution in [0, 0.1) is 33.8 Å². The number of nitro groups is 1. The van der Waals surface area contributed by atoms with Crippen LogP contribution >= 0.6 is 0 Å². The van der Waals surface area contributed by atoms with Gasteiger partial charge in [0.15, 0.2) is 6.29 Å². The average Bonchev–Trinajstić information content (AvgIpc) is 3.78. The number of aromatic nitrogens is 3. The SMILES string of the molecule is CC[C@H]1OC(=O)[C@H](C)[C@@H](OC[C@H]2C[C@@](C)(OC)[C@@H](O)[C@H](C)O2)[C@H](C)[C@@H](O[C@@H]2O[C@H](C)C[C@H](N(C)CCc3cn(C[C@H](C)COc4ccc([N+](=O)[O-])cc4)nn3)[C@H]2O)[C@](C)(O)C[C@@H](C)CN(C)[C@H](C)[C@@H](O)[C@]1(C)O. The maximum absolute atomic E-state index is 14.5. The van der Waals surface area contributed by atoms with Crippen LogP contribution in [0.15, 0.2) is 30.5 Å². The molecule has 3 aliphatic heterocycles. The second-order valence-corrected chi connectivity index (χ2v) is 22.4. The number of aliphatic hydroxyl groups excluding tert-OH is 3. The van der Waals surface area contributed by atoms with Crippen molar-refractivity contribution in [3.63, 3.8) is 0 Å². The van der Waals surface area contributed by atoms with E-state index in [0.717, 1.165) is 5.69 Å². The van der Waals surface area contributed by atoms with Crippen molar-refractivity contribution in [2.75, 3.05) is 47.5 Å². The van der Waals surface area contributed by atoms with Gasteiger partial charge < -0.3 is 68.5 Å². The fourth-order valence-corrected chi connectivity index (χ4v) is 11.2. The molecule has 19 atom stereocenters. The lowest BCUT2D eigenvalue weighted by Crippen LogP contribution is -2.60. The Morgan fingerprint density at radius 2 is 1.68 bits per heavy atom. The molecule has 21 nitrogen and oxygen atoms in total. The summed E-state index contributed by atoms with van der Waals surface area (Å²) in [6.07, 6.45) is -5.77. The van der Waals surface area contributed by atoms with Crippen LogP contribution in [-0.2, 0) is 46.2 Å². The van der Waals surface area contributed by atoms with Crippen molar-refractivity contribution in [2.45, 2.75) is 205 Å². The highest BCUT2D eigenvalue weighted by atomic mass is 16.7. The maximum atomic E-state index is 14.5. The first kappa shape index (κ1) is 60.4. The second-order valence-electron chi connectivity index (χ2n) is 22.4. The first-order valence-electron chi connectivity index (χ1n) is 26.1. The Kier molecular flexibility index (Phi) is 21.2. The van der Waals surface area contributed by atoms with Crippen LogP contribution < -0.4 is 4.74 Å². The van der Waals surface area contributed by atoms with E-state index in [4.69, 9.17) is 33.2 Å². The molecule has 0 aliphatic carbocycles. The zero-order valence-electron chi connectivity index (χ0n) is 45.7. The summed E-state index contributed by atoms with van der Waals surface area (Å²) >= 11 is 0. The number of cyclic esters (lactones) is 1. The number of ether oxygens (including phenoxy) is 7. The van der Waals surface area contributed by atoms with E-state index in [1.54, 1.807) is 51.4 Å². The van der Waals surface area contributed by atoms with E-state index in [-0.39, 0.29) is 49.5 Å². The van der Waals surface area contributed by atoms with Gasteiger partial charge in [-0.3, -0.25) is 19.6 Å². The number of carbonyl (C=O) groups is 1. The fraction of sp³-hybridized carbons (Fsp3) is 0.827. The first-order valence-corrected chi connectivity index (χ1v) is 26.1. The van der Waals surface area contributed by atoms with Gasteiger partial charge in [-0.05, 0) is 99.9 Å². The third-order valence-electron chi connectivity index (χ3n) is 15.8. The quantitative estimate of drug-likeness (QED) is 0.0858. The van der Waals surface area contributed by atoms with Gasteiger partial charge >= 0.3 is 5.97 Å². The van der Waals surface area contributed by atoms with E-state index in [0.29, 0.717) is 44.8 Å². The molecule has 0 unspecified atom stereocenters. The monoisotopic (exact) mass is 1040 g/mol. The molecule has 4 heterocycles. The van der Waals surface area contributed by atoms with Gasteiger partial charge in [-0.2, -0.15) is 0 Å². The lowest BCUT2D eigenvalue weighted by molar-refractivity contribution is -0.384. The molecule has 2 aromatic rings. The number of hydrogen-bond donors (Lipinski definition) is 5. The summed E-state index contributed by atoms with van der Waals surface area (Å²) in [5.41, 5.74) is -3.65. The third-order valence-corrected chi connectivity index (χ3v) is 15.8. The average molecular weight is 1040 g/mol. The topological polar surface area (TPSA) is 263 Å². The molecular weight excluding hydrogens is 949 g/mol. The predicted octanol–water partition coefficient (Wildman–Crippen LogP) is 3.77. The van der Waals surface area contributed by atoms with E-state index in [1.807, 2.05) is 64.7 Å². The van der Waals surface area contributed by atoms with Crippen molar-refractivity contribution in [1.82, 2.24) is 24.8 Å². The zero-order valence-corrected chi connectivity index (χ0v) is 45.7. The Balaban J connectivity index is 1.37. The largest absolute Gasteiger partial charge is 0.493 e. The molecule has 0 spiro atoms. The minimum absolute atomic E-state index is 0.00631. The van der Waals surface area contributed by atoms with Crippen LogP contribution in [0.3, 0.4) is 0 Å². The molecule has 1 aromatic heterocycles. The Labute approximate surface area is 431 Å². The van der Waals surface area contributed by atoms with Crippen molar-refractivity contribution in [2.24, 2.45) is 23.7 Å². The predicted molar refractivity (Wildman–Crippen MR) is 269 cm³/mol. The maximum Gasteiger partial charge on any atom is 0.311 e. The molecular formula is C52H88N6O15. The number of rotatable bonds is 17. The lowest BCUT2D eigenvalue weighted by atomic mass is 9.77. The number of aliphatic hydroxyl groups is 5. The summed E-state index contributed by atoms with van der Waals surface area (Å²) in [6.45, 7) is 21.5. The molecule has 0 radical (unpaired) electrons. The van der Waals surface area contributed by atoms with Crippen molar-refractivity contribution in [1.29, 1.82) is 0 Å². The van der Waals surface area contributed by atoms with Crippen LogP contribution in [0.2, 0.25) is 0 Å². The standard InChI is InChI=1S/C52H88N6O15/c1-15-42-52(11,64)45(60)35(7)56(13)25-30(2)23-50(9,63)47(33(5)44(34(6)48(62)72-42)69-29-40-24-51(10,67-14)46(61)36(8)71-40)73-49-43(59)41(22-32(4)70-49)55(12)21-20-37-27-57(54-53-37)26-31(3)28-68-39-18-16-38(17-19-39)58(65)66/h16-19,27,30-36,40-47,49,59-61,63-64H,15,20-26,28-29H2,1-14H3/t30-,31+,32-,33+,34-,35-,36+,40-,41+,42-,43-,44+,45-,46+,47-,49+,50-,51-,52-/m1/s1. The first-order chi connectivity index (χ1) is 34.1. The highest BCUT2D eigenvalue weighted by Gasteiger charge is 2.52. The van der Waals surface area contributed by atoms with E-state index >= 15 is 0 Å². The molecule has 3 aliphatic rings. The number of likely N-dealkylation sites (N-methyl/N-ethyl adjacent to an activating group) is 2. The summed E-state index contributed by atoms with van der Waals surface area (Å²) in [5.74, 6) is -2.09. The van der Waals surface area contributed by atoms with Crippen molar-refractivity contribution in [3.05, 3.63) is 46.3 Å². The van der Waals surface area contributed by atoms with Crippen LogP contribution in [0.5, 0.6) is 5.75 Å². The molecule has 5 N–H and O–H groups in total. The van der Waals surface area contributed by atoms with Crippen molar-refractivity contribution < 1.29 is 68.4 Å². The summed E-state index contributed by atoms with van der Waals surface area (Å²) in [7, 11) is 5.29. The Morgan fingerprint density at radius 1 is 1.01 bits per heavy atom. The van der Waals surface area contributed by atoms with Gasteiger partial charge in [0.1, 0.15) is 35.8 Å². The van der Waals surface area contributed by atoms with E-state index in [1.165, 1.54) is 26.2 Å². The molecule has 0 amide bonds. The smallest absolute Gasteiger partial charge is 0.311 e.